The number of nitrogens with one attached hydrogen (secondary N) is 1. The van der Waals surface area contributed by atoms with Crippen LogP contribution in [0.5, 0.6) is 5.75 Å². The van der Waals surface area contributed by atoms with Gasteiger partial charge in [-0.25, -0.2) is 8.78 Å². The van der Waals surface area contributed by atoms with E-state index in [1.807, 2.05) is 0 Å². The minimum atomic E-state index is -0.415. The fraction of sp³-hybridized carbons (Fsp3) is 0.143. The van der Waals surface area contributed by atoms with Gasteiger partial charge in [0.25, 0.3) is 0 Å². The maximum Gasteiger partial charge on any atom is 0.137 e. The van der Waals surface area contributed by atoms with Gasteiger partial charge in [0.2, 0.25) is 0 Å². The van der Waals surface area contributed by atoms with E-state index in [-0.39, 0.29) is 17.6 Å². The molecule has 0 aliphatic heterocycles. The molecule has 1 atom stereocenters. The van der Waals surface area contributed by atoms with Crippen LogP contribution in [0.25, 0.3) is 0 Å². The third-order valence-corrected chi connectivity index (χ3v) is 3.37. The molecule has 1 unspecified atom stereocenters. The number of halogens is 3. The molecule has 2 aromatic rings. The highest BCUT2D eigenvalue weighted by molar-refractivity contribution is 9.10. The van der Waals surface area contributed by atoms with Crippen LogP contribution in [0.2, 0.25) is 0 Å². The zero-order chi connectivity index (χ0) is 14.0. The van der Waals surface area contributed by atoms with Gasteiger partial charge in [0, 0.05) is 11.3 Å². The topological polar surface area (TPSA) is 32.3 Å². The lowest BCUT2D eigenvalue weighted by atomic mass is 10.1. The van der Waals surface area contributed by atoms with Crippen LogP contribution >= 0.6 is 15.9 Å². The predicted octanol–water partition coefficient (Wildman–Crippen LogP) is 4.61. The molecule has 0 spiro atoms. The van der Waals surface area contributed by atoms with Crippen LogP contribution in [0.15, 0.2) is 40.9 Å². The molecule has 0 bridgehead atoms. The van der Waals surface area contributed by atoms with Gasteiger partial charge in [-0.2, -0.15) is 0 Å². The number of phenols is 1. The third kappa shape index (κ3) is 3.23. The van der Waals surface area contributed by atoms with Crippen molar-refractivity contribution in [3.8, 4) is 5.75 Å². The number of phenolic OH excluding ortho intramolecular Hbond substituents is 1. The van der Waals surface area contributed by atoms with Crippen molar-refractivity contribution < 1.29 is 13.9 Å². The lowest BCUT2D eigenvalue weighted by Crippen LogP contribution is -2.07. The molecule has 2 N–H and O–H groups in total. The Kier molecular flexibility index (Phi) is 4.04. The second-order valence-electron chi connectivity index (χ2n) is 4.20. The molecule has 0 saturated heterocycles. The first-order valence-electron chi connectivity index (χ1n) is 5.67. The largest absolute Gasteiger partial charge is 0.508 e. The SMILES string of the molecule is CC(Nc1ccc(F)c(Br)c1)c1cc(F)ccc1O. The van der Waals surface area contributed by atoms with Gasteiger partial charge in [0.05, 0.1) is 10.5 Å². The Bertz CT molecular complexity index is 604. The monoisotopic (exact) mass is 327 g/mol. The lowest BCUT2D eigenvalue weighted by Gasteiger charge is -2.17. The van der Waals surface area contributed by atoms with Crippen molar-refractivity contribution in [2.45, 2.75) is 13.0 Å². The Morgan fingerprint density at radius 2 is 1.89 bits per heavy atom. The summed E-state index contributed by atoms with van der Waals surface area (Å²) in [6.45, 7) is 1.78. The van der Waals surface area contributed by atoms with E-state index in [1.165, 1.54) is 24.3 Å². The van der Waals surface area contributed by atoms with Gasteiger partial charge in [0.15, 0.2) is 0 Å². The first-order chi connectivity index (χ1) is 8.97. The Balaban J connectivity index is 2.22. The van der Waals surface area contributed by atoms with E-state index in [0.29, 0.717) is 15.7 Å². The molecule has 0 saturated carbocycles. The molecular formula is C14H12BrF2NO. The summed E-state index contributed by atoms with van der Waals surface area (Å²) in [5, 5.41) is 12.8. The summed E-state index contributed by atoms with van der Waals surface area (Å²) in [6, 6.07) is 7.95. The number of anilines is 1. The number of benzene rings is 2. The molecule has 100 valence electrons. The van der Waals surface area contributed by atoms with E-state index in [2.05, 4.69) is 21.2 Å². The van der Waals surface area contributed by atoms with Crippen molar-refractivity contribution in [2.75, 3.05) is 5.32 Å². The molecular weight excluding hydrogens is 316 g/mol. The van der Waals surface area contributed by atoms with E-state index >= 15 is 0 Å². The average Bonchev–Trinajstić information content (AvgIpc) is 2.36. The van der Waals surface area contributed by atoms with Crippen LogP contribution in [0.3, 0.4) is 0 Å². The van der Waals surface area contributed by atoms with Crippen LogP contribution in [-0.2, 0) is 0 Å². The highest BCUT2D eigenvalue weighted by Crippen LogP contribution is 2.29. The van der Waals surface area contributed by atoms with Gasteiger partial charge in [-0.15, -0.1) is 0 Å². The maximum absolute atomic E-state index is 13.2. The number of hydrogen-bond acceptors (Lipinski definition) is 2. The van der Waals surface area contributed by atoms with Crippen molar-refractivity contribution in [3.63, 3.8) is 0 Å². The summed E-state index contributed by atoms with van der Waals surface area (Å²) in [7, 11) is 0. The summed E-state index contributed by atoms with van der Waals surface area (Å²) in [5.74, 6) is -0.754. The van der Waals surface area contributed by atoms with Crippen LogP contribution in [0.4, 0.5) is 14.5 Å². The van der Waals surface area contributed by atoms with Gasteiger partial charge < -0.3 is 10.4 Å². The van der Waals surface area contributed by atoms with E-state index in [0.717, 1.165) is 0 Å². The third-order valence-electron chi connectivity index (χ3n) is 2.76. The van der Waals surface area contributed by atoms with Crippen LogP contribution < -0.4 is 5.32 Å². The lowest BCUT2D eigenvalue weighted by molar-refractivity contribution is 0.462. The molecule has 5 heteroatoms. The van der Waals surface area contributed by atoms with Crippen LogP contribution in [0.1, 0.15) is 18.5 Å². The molecule has 0 amide bonds. The zero-order valence-corrected chi connectivity index (χ0v) is 11.7. The molecule has 2 nitrogen and oxygen atoms in total. The first kappa shape index (κ1) is 13.8. The second kappa shape index (κ2) is 5.57. The molecule has 0 fully saturated rings. The first-order valence-corrected chi connectivity index (χ1v) is 6.46. The Morgan fingerprint density at radius 1 is 1.16 bits per heavy atom. The van der Waals surface area contributed by atoms with Gasteiger partial charge in [-0.05, 0) is 59.3 Å². The molecule has 2 rings (SSSR count). The standard InChI is InChI=1S/C14H12BrF2NO/c1-8(11-6-9(16)2-5-14(11)19)18-10-3-4-13(17)12(15)7-10/h2-8,18-19H,1H3. The Hall–Kier alpha value is -1.62. The molecule has 19 heavy (non-hydrogen) atoms. The minimum absolute atomic E-state index is 0.0163. The van der Waals surface area contributed by atoms with Gasteiger partial charge >= 0.3 is 0 Å². The molecule has 0 aromatic heterocycles. The summed E-state index contributed by atoms with van der Waals surface area (Å²) in [6.07, 6.45) is 0. The van der Waals surface area contributed by atoms with Crippen LogP contribution in [0, 0.1) is 11.6 Å². The van der Waals surface area contributed by atoms with Crippen molar-refractivity contribution in [2.24, 2.45) is 0 Å². The number of hydrogen-bond donors (Lipinski definition) is 2. The van der Waals surface area contributed by atoms with Crippen molar-refractivity contribution in [1.29, 1.82) is 0 Å². The summed E-state index contributed by atoms with van der Waals surface area (Å²) < 4.78 is 26.6. The van der Waals surface area contributed by atoms with E-state index in [1.54, 1.807) is 19.1 Å². The summed E-state index contributed by atoms with van der Waals surface area (Å²) >= 11 is 3.09. The van der Waals surface area contributed by atoms with E-state index in [9.17, 15) is 13.9 Å². The molecule has 0 aliphatic rings. The highest BCUT2D eigenvalue weighted by atomic mass is 79.9. The van der Waals surface area contributed by atoms with Gasteiger partial charge in [-0.1, -0.05) is 0 Å². The molecule has 2 aromatic carbocycles. The zero-order valence-electron chi connectivity index (χ0n) is 10.1. The van der Waals surface area contributed by atoms with Gasteiger partial charge in [0.1, 0.15) is 17.4 Å². The fourth-order valence-corrected chi connectivity index (χ4v) is 2.16. The summed E-state index contributed by atoms with van der Waals surface area (Å²) in [4.78, 5) is 0. The fourth-order valence-electron chi connectivity index (χ4n) is 1.79. The Morgan fingerprint density at radius 3 is 2.58 bits per heavy atom. The number of rotatable bonds is 3. The van der Waals surface area contributed by atoms with E-state index in [4.69, 9.17) is 0 Å². The van der Waals surface area contributed by atoms with Crippen molar-refractivity contribution in [3.05, 3.63) is 58.1 Å². The predicted molar refractivity (Wildman–Crippen MR) is 74.2 cm³/mol. The smallest absolute Gasteiger partial charge is 0.137 e. The second-order valence-corrected chi connectivity index (χ2v) is 5.05. The molecule has 0 aliphatic carbocycles. The molecule has 0 heterocycles. The van der Waals surface area contributed by atoms with Crippen molar-refractivity contribution in [1.82, 2.24) is 0 Å². The highest BCUT2D eigenvalue weighted by Gasteiger charge is 2.12. The maximum atomic E-state index is 13.2. The minimum Gasteiger partial charge on any atom is -0.508 e. The van der Waals surface area contributed by atoms with E-state index < -0.39 is 5.82 Å². The number of aromatic hydroxyl groups is 1. The quantitative estimate of drug-likeness (QED) is 0.863. The average molecular weight is 328 g/mol. The van der Waals surface area contributed by atoms with Gasteiger partial charge in [-0.3, -0.25) is 0 Å². The normalized spacial score (nSPS) is 12.2. The van der Waals surface area contributed by atoms with Crippen LogP contribution in [-0.4, -0.2) is 5.11 Å². The molecule has 0 radical (unpaired) electrons. The summed E-state index contributed by atoms with van der Waals surface area (Å²) in [5.41, 5.74) is 1.12. The Labute approximate surface area is 118 Å². The van der Waals surface area contributed by atoms with Crippen molar-refractivity contribution >= 4 is 21.6 Å².